The number of nitrogens with zero attached hydrogens (tertiary/aromatic N) is 2. The molecule has 5 rings (SSSR count). The quantitative estimate of drug-likeness (QED) is 0.680. The van der Waals surface area contributed by atoms with Gasteiger partial charge < -0.3 is 15.2 Å². The molecule has 1 saturated heterocycles. The van der Waals surface area contributed by atoms with E-state index >= 15 is 0 Å². The number of rotatable bonds is 5. The number of hydrogen-bond acceptors (Lipinski definition) is 6. The van der Waals surface area contributed by atoms with Gasteiger partial charge in [-0.3, -0.25) is 9.69 Å². The van der Waals surface area contributed by atoms with E-state index in [9.17, 15) is 4.79 Å². The van der Waals surface area contributed by atoms with Crippen molar-refractivity contribution in [2.24, 2.45) is 5.73 Å². The third-order valence-corrected chi connectivity index (χ3v) is 6.97. The molecule has 1 unspecified atom stereocenters. The second-order valence-corrected chi connectivity index (χ2v) is 8.78. The average Bonchev–Trinajstić information content (AvgIpc) is 3.37. The minimum absolute atomic E-state index is 0.280. The van der Waals surface area contributed by atoms with Crippen LogP contribution in [0.4, 0.5) is 0 Å². The number of hydrogen-bond donors (Lipinski definition) is 1. The number of carbonyl (C=O) groups excluding carboxylic acids is 1. The Balaban J connectivity index is 1.36. The SMILES string of the molecule is COc1ccc2c(c1)C=C(CN1CCC(c3c(C(N)=O)sc4ncccc34)C1)CO2. The van der Waals surface area contributed by atoms with Crippen molar-refractivity contribution in [2.45, 2.75) is 12.3 Å². The average molecular weight is 422 g/mol. The van der Waals surface area contributed by atoms with Crippen LogP contribution in [0.25, 0.3) is 16.3 Å². The lowest BCUT2D eigenvalue weighted by Crippen LogP contribution is -2.26. The van der Waals surface area contributed by atoms with Crippen LogP contribution in [0, 0.1) is 0 Å². The van der Waals surface area contributed by atoms with Gasteiger partial charge in [0, 0.05) is 36.2 Å². The lowest BCUT2D eigenvalue weighted by Gasteiger charge is -2.23. The zero-order chi connectivity index (χ0) is 20.7. The van der Waals surface area contributed by atoms with Crippen molar-refractivity contribution in [3.63, 3.8) is 0 Å². The molecule has 154 valence electrons. The molecule has 1 amide bonds. The summed E-state index contributed by atoms with van der Waals surface area (Å²) in [6.45, 7) is 3.31. The Morgan fingerprint density at radius 3 is 3.13 bits per heavy atom. The lowest BCUT2D eigenvalue weighted by atomic mass is 9.95. The van der Waals surface area contributed by atoms with Crippen LogP contribution in [0.3, 0.4) is 0 Å². The zero-order valence-corrected chi connectivity index (χ0v) is 17.6. The highest BCUT2D eigenvalue weighted by Crippen LogP contribution is 2.39. The summed E-state index contributed by atoms with van der Waals surface area (Å²) in [4.78, 5) is 20.5. The van der Waals surface area contributed by atoms with Gasteiger partial charge in [-0.05, 0) is 54.4 Å². The minimum Gasteiger partial charge on any atom is -0.497 e. The van der Waals surface area contributed by atoms with E-state index < -0.39 is 0 Å². The molecule has 0 aliphatic carbocycles. The van der Waals surface area contributed by atoms with Crippen LogP contribution in [0.15, 0.2) is 42.1 Å². The number of benzene rings is 1. The number of pyridine rings is 1. The first-order chi connectivity index (χ1) is 14.6. The third kappa shape index (κ3) is 3.44. The van der Waals surface area contributed by atoms with Crippen molar-refractivity contribution in [3.05, 3.63) is 58.1 Å². The molecule has 2 N–H and O–H groups in total. The van der Waals surface area contributed by atoms with E-state index in [1.54, 1.807) is 13.3 Å². The number of amides is 1. The summed E-state index contributed by atoms with van der Waals surface area (Å²) in [6.07, 6.45) is 4.96. The fourth-order valence-electron chi connectivity index (χ4n) is 4.46. The van der Waals surface area contributed by atoms with Crippen LogP contribution >= 0.6 is 11.3 Å². The van der Waals surface area contributed by atoms with Crippen molar-refractivity contribution in [3.8, 4) is 11.5 Å². The normalized spacial score (nSPS) is 18.7. The van der Waals surface area contributed by atoms with Crippen LogP contribution in [0.5, 0.6) is 11.5 Å². The van der Waals surface area contributed by atoms with E-state index in [1.165, 1.54) is 16.9 Å². The van der Waals surface area contributed by atoms with E-state index in [0.29, 0.717) is 11.5 Å². The number of primary amides is 1. The second kappa shape index (κ2) is 7.74. The van der Waals surface area contributed by atoms with E-state index in [-0.39, 0.29) is 11.8 Å². The summed E-state index contributed by atoms with van der Waals surface area (Å²) in [5, 5.41) is 1.06. The van der Waals surface area contributed by atoms with E-state index in [4.69, 9.17) is 15.2 Å². The van der Waals surface area contributed by atoms with Crippen LogP contribution in [-0.4, -0.2) is 49.1 Å². The summed E-state index contributed by atoms with van der Waals surface area (Å²) in [6, 6.07) is 9.84. The number of methoxy groups -OCH3 is 1. The van der Waals surface area contributed by atoms with Crippen LogP contribution < -0.4 is 15.2 Å². The number of nitrogens with two attached hydrogens (primary N) is 1. The number of aromatic nitrogens is 1. The minimum atomic E-state index is -0.361. The molecule has 2 aliphatic heterocycles. The molecule has 1 atom stereocenters. The molecule has 2 aliphatic rings. The molecule has 3 aromatic rings. The maximum Gasteiger partial charge on any atom is 0.259 e. The highest BCUT2D eigenvalue weighted by Gasteiger charge is 2.31. The molecule has 0 saturated carbocycles. The fourth-order valence-corrected chi connectivity index (χ4v) is 5.54. The summed E-state index contributed by atoms with van der Waals surface area (Å²) in [7, 11) is 1.67. The number of thiophene rings is 1. The van der Waals surface area contributed by atoms with Crippen molar-refractivity contribution in [1.82, 2.24) is 9.88 Å². The molecule has 30 heavy (non-hydrogen) atoms. The van der Waals surface area contributed by atoms with Crippen molar-refractivity contribution in [1.29, 1.82) is 0 Å². The third-order valence-electron chi connectivity index (χ3n) is 5.83. The van der Waals surface area contributed by atoms with Crippen LogP contribution in [0.1, 0.15) is 33.1 Å². The molecule has 1 fully saturated rings. The summed E-state index contributed by atoms with van der Waals surface area (Å²) >= 11 is 1.40. The first kappa shape index (κ1) is 19.1. The Morgan fingerprint density at radius 2 is 2.30 bits per heavy atom. The Labute approximate surface area is 178 Å². The predicted molar refractivity (Wildman–Crippen MR) is 118 cm³/mol. The summed E-state index contributed by atoms with van der Waals surface area (Å²) in [5.74, 6) is 1.64. The van der Waals surface area contributed by atoms with Gasteiger partial charge in [-0.1, -0.05) is 6.07 Å². The van der Waals surface area contributed by atoms with Crippen LogP contribution in [0.2, 0.25) is 0 Å². The molecular weight excluding hydrogens is 398 g/mol. The van der Waals surface area contributed by atoms with E-state index in [0.717, 1.165) is 58.9 Å². The number of ether oxygens (including phenoxy) is 2. The number of fused-ring (bicyclic) bond motifs is 2. The van der Waals surface area contributed by atoms with Gasteiger partial charge in [-0.15, -0.1) is 11.3 Å². The molecule has 0 radical (unpaired) electrons. The van der Waals surface area contributed by atoms with Gasteiger partial charge >= 0.3 is 0 Å². The summed E-state index contributed by atoms with van der Waals surface area (Å²) in [5.41, 5.74) is 9.06. The van der Waals surface area contributed by atoms with Gasteiger partial charge in [-0.2, -0.15) is 0 Å². The Hall–Kier alpha value is -2.90. The first-order valence-corrected chi connectivity index (χ1v) is 10.8. The second-order valence-electron chi connectivity index (χ2n) is 7.78. The standard InChI is InChI=1S/C23H23N3O3S/c1-28-17-4-5-19-16(10-17)9-14(13-29-19)11-26-8-6-15(12-26)20-18-3-2-7-25-23(18)30-21(20)22(24)27/h2-5,7,9-10,15H,6,8,11-13H2,1H3,(H2,24,27). The molecule has 0 spiro atoms. The monoisotopic (exact) mass is 421 g/mol. The smallest absolute Gasteiger partial charge is 0.259 e. The zero-order valence-electron chi connectivity index (χ0n) is 16.8. The lowest BCUT2D eigenvalue weighted by molar-refractivity contribution is 0.100. The topological polar surface area (TPSA) is 77.7 Å². The number of likely N-dealkylation sites (tertiary alicyclic amines) is 1. The molecule has 2 aromatic heterocycles. The van der Waals surface area contributed by atoms with Gasteiger partial charge in [-0.25, -0.2) is 4.98 Å². The van der Waals surface area contributed by atoms with Gasteiger partial charge in [0.15, 0.2) is 0 Å². The predicted octanol–water partition coefficient (Wildman–Crippen LogP) is 3.67. The van der Waals surface area contributed by atoms with Crippen molar-refractivity contribution in [2.75, 3.05) is 33.4 Å². The Morgan fingerprint density at radius 1 is 1.40 bits per heavy atom. The highest BCUT2D eigenvalue weighted by molar-refractivity contribution is 7.20. The highest BCUT2D eigenvalue weighted by atomic mass is 32.1. The molecule has 1 aromatic carbocycles. The van der Waals surface area contributed by atoms with Gasteiger partial charge in [0.1, 0.15) is 22.9 Å². The van der Waals surface area contributed by atoms with Gasteiger partial charge in [0.05, 0.1) is 12.0 Å². The summed E-state index contributed by atoms with van der Waals surface area (Å²) < 4.78 is 11.3. The van der Waals surface area contributed by atoms with E-state index in [1.807, 2.05) is 30.3 Å². The Kier molecular flexibility index (Phi) is 4.92. The molecule has 4 heterocycles. The maximum absolute atomic E-state index is 12.1. The molecule has 7 heteroatoms. The molecule has 6 nitrogen and oxygen atoms in total. The molecule has 0 bridgehead atoms. The van der Waals surface area contributed by atoms with Crippen molar-refractivity contribution < 1.29 is 14.3 Å². The first-order valence-electron chi connectivity index (χ1n) is 10.0. The maximum atomic E-state index is 12.1. The number of carbonyl (C=O) groups is 1. The van der Waals surface area contributed by atoms with Crippen molar-refractivity contribution >= 4 is 33.5 Å². The fraction of sp³-hybridized carbons (Fsp3) is 0.304. The van der Waals surface area contributed by atoms with Gasteiger partial charge in [0.25, 0.3) is 5.91 Å². The Bertz CT molecular complexity index is 1150. The van der Waals surface area contributed by atoms with E-state index in [2.05, 4.69) is 16.0 Å². The van der Waals surface area contributed by atoms with Crippen LogP contribution in [-0.2, 0) is 0 Å². The molecular formula is C23H23N3O3S. The largest absolute Gasteiger partial charge is 0.497 e. The van der Waals surface area contributed by atoms with Gasteiger partial charge in [0.2, 0.25) is 0 Å².